The number of ether oxygens (including phenoxy) is 1. The van der Waals surface area contributed by atoms with Gasteiger partial charge in [-0.2, -0.15) is 4.98 Å². The molecule has 1 aliphatic rings. The molecule has 1 aromatic heterocycles. The van der Waals surface area contributed by atoms with Crippen molar-refractivity contribution in [3.8, 4) is 5.88 Å². The molecule has 1 aromatic rings. The Morgan fingerprint density at radius 3 is 2.50 bits per heavy atom. The zero-order valence-electron chi connectivity index (χ0n) is 11.5. The summed E-state index contributed by atoms with van der Waals surface area (Å²) in [6.45, 7) is 6.60. The van der Waals surface area contributed by atoms with Gasteiger partial charge < -0.3 is 10.5 Å². The Morgan fingerprint density at radius 1 is 1.22 bits per heavy atom. The van der Waals surface area contributed by atoms with Crippen LogP contribution in [0, 0.1) is 11.8 Å². The molecule has 4 nitrogen and oxygen atoms in total. The van der Waals surface area contributed by atoms with E-state index in [0.29, 0.717) is 11.7 Å². The van der Waals surface area contributed by atoms with Crippen molar-refractivity contribution in [1.29, 1.82) is 0 Å². The number of nitrogen functional groups attached to an aromatic ring is 1. The number of aromatic nitrogens is 2. The molecule has 1 fully saturated rings. The van der Waals surface area contributed by atoms with Crippen molar-refractivity contribution in [2.24, 2.45) is 11.8 Å². The molecular weight excluding hydrogens is 226 g/mol. The smallest absolute Gasteiger partial charge is 0.218 e. The van der Waals surface area contributed by atoms with E-state index in [9.17, 15) is 0 Å². The normalized spacial score (nSPS) is 28.1. The molecule has 100 valence electrons. The molecule has 0 saturated heterocycles. The molecule has 1 aliphatic carbocycles. The van der Waals surface area contributed by atoms with Gasteiger partial charge in [-0.25, -0.2) is 4.98 Å². The predicted molar refractivity (Wildman–Crippen MR) is 72.4 cm³/mol. The van der Waals surface area contributed by atoms with Crippen LogP contribution in [-0.2, 0) is 6.42 Å². The molecule has 1 saturated carbocycles. The van der Waals surface area contributed by atoms with E-state index in [1.165, 1.54) is 6.42 Å². The zero-order chi connectivity index (χ0) is 13.1. The molecule has 2 rings (SSSR count). The summed E-state index contributed by atoms with van der Waals surface area (Å²) in [5, 5.41) is 0. The zero-order valence-corrected chi connectivity index (χ0v) is 11.5. The Kier molecular flexibility index (Phi) is 4.04. The van der Waals surface area contributed by atoms with Gasteiger partial charge in [0.25, 0.3) is 0 Å². The molecule has 0 aromatic carbocycles. The lowest BCUT2D eigenvalue weighted by Gasteiger charge is -2.31. The van der Waals surface area contributed by atoms with E-state index in [1.54, 1.807) is 6.07 Å². The lowest BCUT2D eigenvalue weighted by molar-refractivity contribution is 0.0964. The highest BCUT2D eigenvalue weighted by molar-refractivity contribution is 5.32. The molecule has 0 amide bonds. The van der Waals surface area contributed by atoms with E-state index in [1.807, 2.05) is 6.92 Å². The van der Waals surface area contributed by atoms with Crippen LogP contribution >= 0.6 is 0 Å². The summed E-state index contributed by atoms with van der Waals surface area (Å²) in [5.41, 5.74) is 5.76. The highest BCUT2D eigenvalue weighted by Gasteiger charge is 2.25. The highest BCUT2D eigenvalue weighted by Crippen LogP contribution is 2.31. The van der Waals surface area contributed by atoms with Gasteiger partial charge in [0.15, 0.2) is 0 Å². The van der Waals surface area contributed by atoms with E-state index in [4.69, 9.17) is 10.5 Å². The Bertz CT molecular complexity index is 398. The summed E-state index contributed by atoms with van der Waals surface area (Å²) < 4.78 is 5.99. The molecule has 0 radical (unpaired) electrons. The Balaban J connectivity index is 2.06. The van der Waals surface area contributed by atoms with E-state index in [-0.39, 0.29) is 6.10 Å². The monoisotopic (exact) mass is 249 g/mol. The molecule has 4 heteroatoms. The van der Waals surface area contributed by atoms with Gasteiger partial charge in [-0.3, -0.25) is 0 Å². The maximum Gasteiger partial charge on any atom is 0.218 e. The fraction of sp³-hybridized carbons (Fsp3) is 0.714. The van der Waals surface area contributed by atoms with Gasteiger partial charge in [-0.15, -0.1) is 0 Å². The van der Waals surface area contributed by atoms with Gasteiger partial charge >= 0.3 is 0 Å². The lowest BCUT2D eigenvalue weighted by Crippen LogP contribution is -2.28. The SMILES string of the molecule is CCc1nc(N)cc(OC2CC(C)CC(C)C2)n1. The molecule has 2 atom stereocenters. The van der Waals surface area contributed by atoms with Crippen LogP contribution in [0.5, 0.6) is 5.88 Å². The van der Waals surface area contributed by atoms with Crippen molar-refractivity contribution in [3.05, 3.63) is 11.9 Å². The van der Waals surface area contributed by atoms with Crippen molar-refractivity contribution < 1.29 is 4.74 Å². The third kappa shape index (κ3) is 3.34. The molecule has 2 unspecified atom stereocenters. The number of hydrogen-bond donors (Lipinski definition) is 1. The molecule has 18 heavy (non-hydrogen) atoms. The Morgan fingerprint density at radius 2 is 1.89 bits per heavy atom. The van der Waals surface area contributed by atoms with Crippen LogP contribution in [0.1, 0.15) is 45.9 Å². The molecule has 0 bridgehead atoms. The first-order chi connectivity index (χ1) is 8.56. The van der Waals surface area contributed by atoms with Crippen LogP contribution in [0.15, 0.2) is 6.07 Å². The average Bonchev–Trinajstić information content (AvgIpc) is 2.26. The van der Waals surface area contributed by atoms with Gasteiger partial charge in [-0.1, -0.05) is 20.8 Å². The second-order valence-electron chi connectivity index (χ2n) is 5.56. The third-order valence-electron chi connectivity index (χ3n) is 3.51. The van der Waals surface area contributed by atoms with E-state index in [0.717, 1.165) is 36.9 Å². The molecule has 1 heterocycles. The van der Waals surface area contributed by atoms with Crippen molar-refractivity contribution in [1.82, 2.24) is 9.97 Å². The fourth-order valence-corrected chi connectivity index (χ4v) is 2.85. The second kappa shape index (κ2) is 5.55. The topological polar surface area (TPSA) is 61.0 Å². The number of rotatable bonds is 3. The highest BCUT2D eigenvalue weighted by atomic mass is 16.5. The summed E-state index contributed by atoms with van der Waals surface area (Å²) in [6.07, 6.45) is 4.55. The molecule has 2 N–H and O–H groups in total. The minimum Gasteiger partial charge on any atom is -0.474 e. The molecule has 0 spiro atoms. The number of aryl methyl sites for hydroxylation is 1. The minimum absolute atomic E-state index is 0.266. The second-order valence-corrected chi connectivity index (χ2v) is 5.56. The summed E-state index contributed by atoms with van der Waals surface area (Å²) in [6, 6.07) is 1.73. The number of nitrogens with zero attached hydrogens (tertiary/aromatic N) is 2. The number of hydrogen-bond acceptors (Lipinski definition) is 4. The maximum absolute atomic E-state index is 5.99. The van der Waals surface area contributed by atoms with Crippen LogP contribution in [0.4, 0.5) is 5.82 Å². The van der Waals surface area contributed by atoms with Gasteiger partial charge in [-0.05, 0) is 31.1 Å². The van der Waals surface area contributed by atoms with Crippen molar-refractivity contribution >= 4 is 5.82 Å². The quantitative estimate of drug-likeness (QED) is 0.894. The standard InChI is InChI=1S/C14H23N3O/c1-4-13-16-12(15)8-14(17-13)18-11-6-9(2)5-10(3)7-11/h8-11H,4-7H2,1-3H3,(H2,15,16,17). The number of nitrogens with two attached hydrogens (primary N) is 1. The van der Waals surface area contributed by atoms with Crippen LogP contribution in [0.3, 0.4) is 0 Å². The van der Waals surface area contributed by atoms with Gasteiger partial charge in [0.2, 0.25) is 5.88 Å². The maximum atomic E-state index is 5.99. The van der Waals surface area contributed by atoms with Crippen LogP contribution in [-0.4, -0.2) is 16.1 Å². The average molecular weight is 249 g/mol. The summed E-state index contributed by atoms with van der Waals surface area (Å²) in [5.74, 6) is 3.33. The summed E-state index contributed by atoms with van der Waals surface area (Å²) in [7, 11) is 0. The fourth-order valence-electron chi connectivity index (χ4n) is 2.85. The number of anilines is 1. The van der Waals surface area contributed by atoms with E-state index >= 15 is 0 Å². The van der Waals surface area contributed by atoms with Crippen LogP contribution in [0.25, 0.3) is 0 Å². The van der Waals surface area contributed by atoms with Crippen molar-refractivity contribution in [3.63, 3.8) is 0 Å². The van der Waals surface area contributed by atoms with Gasteiger partial charge in [0.1, 0.15) is 17.7 Å². The van der Waals surface area contributed by atoms with Gasteiger partial charge in [0, 0.05) is 12.5 Å². The first kappa shape index (κ1) is 13.1. The summed E-state index contributed by atoms with van der Waals surface area (Å²) >= 11 is 0. The van der Waals surface area contributed by atoms with E-state index < -0.39 is 0 Å². The van der Waals surface area contributed by atoms with E-state index in [2.05, 4.69) is 23.8 Å². The van der Waals surface area contributed by atoms with Gasteiger partial charge in [0.05, 0.1) is 0 Å². The minimum atomic E-state index is 0.266. The summed E-state index contributed by atoms with van der Waals surface area (Å²) in [4.78, 5) is 8.54. The van der Waals surface area contributed by atoms with Crippen LogP contribution < -0.4 is 10.5 Å². The Labute approximate surface area is 109 Å². The lowest BCUT2D eigenvalue weighted by atomic mass is 9.82. The molecule has 0 aliphatic heterocycles. The predicted octanol–water partition coefficient (Wildman–Crippen LogP) is 2.82. The van der Waals surface area contributed by atoms with Crippen molar-refractivity contribution in [2.75, 3.05) is 5.73 Å². The first-order valence-corrected chi connectivity index (χ1v) is 6.87. The first-order valence-electron chi connectivity index (χ1n) is 6.87. The van der Waals surface area contributed by atoms with Crippen molar-refractivity contribution in [2.45, 2.75) is 52.6 Å². The largest absolute Gasteiger partial charge is 0.474 e. The van der Waals surface area contributed by atoms with Crippen LogP contribution in [0.2, 0.25) is 0 Å². The third-order valence-corrected chi connectivity index (χ3v) is 3.51. The Hall–Kier alpha value is -1.32. The molecular formula is C14H23N3O.